The summed E-state index contributed by atoms with van der Waals surface area (Å²) < 4.78 is 0. The van der Waals surface area contributed by atoms with Crippen LogP contribution in [-0.4, -0.2) is 28.5 Å². The van der Waals surface area contributed by atoms with Gasteiger partial charge in [0, 0.05) is 18.9 Å². The maximum atomic E-state index is 11.4. The molecule has 0 bridgehead atoms. The van der Waals surface area contributed by atoms with E-state index >= 15 is 0 Å². The summed E-state index contributed by atoms with van der Waals surface area (Å²) in [7, 11) is 0. The van der Waals surface area contributed by atoms with E-state index in [-0.39, 0.29) is 18.9 Å². The number of nitrogens with one attached hydrogen (secondary N) is 1. The molecule has 0 aliphatic rings. The fourth-order valence-corrected chi connectivity index (χ4v) is 1.10. The van der Waals surface area contributed by atoms with Gasteiger partial charge in [0.25, 0.3) is 0 Å². The van der Waals surface area contributed by atoms with Crippen molar-refractivity contribution in [1.82, 2.24) is 10.3 Å². The summed E-state index contributed by atoms with van der Waals surface area (Å²) >= 11 is 0. The highest BCUT2D eigenvalue weighted by atomic mass is 16.4. The third-order valence-corrected chi connectivity index (χ3v) is 2.11. The highest BCUT2D eigenvalue weighted by Crippen LogP contribution is 1.97. The monoisotopic (exact) mass is 222 g/mol. The highest BCUT2D eigenvalue weighted by Gasteiger charge is 2.12. The molecule has 0 fully saturated rings. The van der Waals surface area contributed by atoms with Crippen LogP contribution < -0.4 is 5.32 Å². The van der Waals surface area contributed by atoms with Crippen molar-refractivity contribution in [2.45, 2.75) is 13.3 Å². The van der Waals surface area contributed by atoms with Crippen molar-refractivity contribution in [3.63, 3.8) is 0 Å². The van der Waals surface area contributed by atoms with Crippen molar-refractivity contribution < 1.29 is 14.7 Å². The van der Waals surface area contributed by atoms with Gasteiger partial charge in [0.1, 0.15) is 0 Å². The van der Waals surface area contributed by atoms with Crippen LogP contribution in [0.3, 0.4) is 0 Å². The Morgan fingerprint density at radius 3 is 2.88 bits per heavy atom. The number of aliphatic carboxylic acids is 1. The van der Waals surface area contributed by atoms with E-state index in [1.54, 1.807) is 31.5 Å². The lowest BCUT2D eigenvalue weighted by molar-refractivity contribution is -0.141. The first kappa shape index (κ1) is 12.2. The summed E-state index contributed by atoms with van der Waals surface area (Å²) in [4.78, 5) is 25.8. The van der Waals surface area contributed by atoms with E-state index in [2.05, 4.69) is 10.3 Å². The summed E-state index contributed by atoms with van der Waals surface area (Å²) in [5, 5.41) is 11.2. The average molecular weight is 222 g/mol. The van der Waals surface area contributed by atoms with E-state index < -0.39 is 11.9 Å². The van der Waals surface area contributed by atoms with Crippen molar-refractivity contribution in [2.75, 3.05) is 6.54 Å². The van der Waals surface area contributed by atoms with Gasteiger partial charge >= 0.3 is 5.97 Å². The number of carbonyl (C=O) groups excluding carboxylic acids is 1. The Balaban J connectivity index is 2.35. The molecule has 1 unspecified atom stereocenters. The number of carbonyl (C=O) groups is 2. The highest BCUT2D eigenvalue weighted by molar-refractivity contribution is 5.79. The molecule has 0 aromatic carbocycles. The van der Waals surface area contributed by atoms with Crippen LogP contribution in [0, 0.1) is 5.92 Å². The minimum Gasteiger partial charge on any atom is -0.481 e. The number of nitrogens with zero attached hydrogens (tertiary/aromatic N) is 1. The molecule has 1 heterocycles. The Kier molecular flexibility index (Phi) is 4.44. The zero-order valence-electron chi connectivity index (χ0n) is 9.01. The Hall–Kier alpha value is -1.91. The van der Waals surface area contributed by atoms with Gasteiger partial charge in [-0.2, -0.15) is 0 Å². The molecule has 1 aromatic heterocycles. The van der Waals surface area contributed by atoms with Crippen LogP contribution in [0.2, 0.25) is 0 Å². The first-order valence-corrected chi connectivity index (χ1v) is 4.98. The Morgan fingerprint density at radius 1 is 1.56 bits per heavy atom. The van der Waals surface area contributed by atoms with Crippen molar-refractivity contribution in [1.29, 1.82) is 0 Å². The lowest BCUT2D eigenvalue weighted by Gasteiger charge is -2.08. The van der Waals surface area contributed by atoms with E-state index in [1.165, 1.54) is 0 Å². The minimum atomic E-state index is -0.915. The molecule has 0 saturated carbocycles. The van der Waals surface area contributed by atoms with Crippen LogP contribution in [0.1, 0.15) is 12.5 Å². The SMILES string of the molecule is CC(CNC(=O)Cc1cccnc1)C(=O)O. The minimum absolute atomic E-state index is 0.147. The Bertz CT molecular complexity index is 365. The van der Waals surface area contributed by atoms with Crippen LogP contribution in [0.4, 0.5) is 0 Å². The zero-order valence-corrected chi connectivity index (χ0v) is 9.01. The first-order valence-electron chi connectivity index (χ1n) is 4.98. The molecule has 1 atom stereocenters. The van der Waals surface area contributed by atoms with Crippen LogP contribution in [0.5, 0.6) is 0 Å². The molecule has 0 radical (unpaired) electrons. The third kappa shape index (κ3) is 4.08. The predicted molar refractivity (Wildman–Crippen MR) is 57.8 cm³/mol. The fourth-order valence-electron chi connectivity index (χ4n) is 1.10. The second kappa shape index (κ2) is 5.85. The van der Waals surface area contributed by atoms with E-state index in [4.69, 9.17) is 5.11 Å². The van der Waals surface area contributed by atoms with Crippen molar-refractivity contribution >= 4 is 11.9 Å². The molecule has 2 N–H and O–H groups in total. The molecule has 1 aromatic rings. The smallest absolute Gasteiger partial charge is 0.308 e. The van der Waals surface area contributed by atoms with Gasteiger partial charge in [-0.1, -0.05) is 13.0 Å². The van der Waals surface area contributed by atoms with Crippen molar-refractivity contribution in [2.24, 2.45) is 5.92 Å². The number of pyridine rings is 1. The molecule has 0 aliphatic carbocycles. The number of carboxylic acid groups (broad SMARTS) is 1. The maximum absolute atomic E-state index is 11.4. The normalized spacial score (nSPS) is 11.8. The van der Waals surface area contributed by atoms with Gasteiger partial charge in [0.2, 0.25) is 5.91 Å². The summed E-state index contributed by atoms with van der Waals surface area (Å²) in [6.07, 6.45) is 3.47. The predicted octanol–water partition coefficient (Wildman–Crippen LogP) is 0.461. The lowest BCUT2D eigenvalue weighted by atomic mass is 10.1. The standard InChI is InChI=1S/C11H14N2O3/c1-8(11(15)16)6-13-10(14)5-9-3-2-4-12-7-9/h2-4,7-8H,5-6H2,1H3,(H,13,14)(H,15,16). The number of amides is 1. The van der Waals surface area contributed by atoms with Crippen molar-refractivity contribution in [3.05, 3.63) is 30.1 Å². The maximum Gasteiger partial charge on any atom is 0.308 e. The van der Waals surface area contributed by atoms with Crippen LogP contribution >= 0.6 is 0 Å². The summed E-state index contributed by atoms with van der Waals surface area (Å²) in [6, 6.07) is 3.55. The van der Waals surface area contributed by atoms with Crippen LogP contribution in [0.15, 0.2) is 24.5 Å². The van der Waals surface area contributed by atoms with Gasteiger partial charge in [-0.15, -0.1) is 0 Å². The molecule has 0 spiro atoms. The number of hydrogen-bond donors (Lipinski definition) is 2. The molecular weight excluding hydrogens is 208 g/mol. The Labute approximate surface area is 93.5 Å². The summed E-state index contributed by atoms with van der Waals surface area (Å²) in [5.41, 5.74) is 0.808. The molecule has 1 rings (SSSR count). The molecule has 5 heteroatoms. The number of carboxylic acids is 1. The largest absolute Gasteiger partial charge is 0.481 e. The Morgan fingerprint density at radius 2 is 2.31 bits per heavy atom. The van der Waals surface area contributed by atoms with Gasteiger partial charge < -0.3 is 10.4 Å². The molecule has 1 amide bonds. The van der Waals surface area contributed by atoms with Crippen LogP contribution in [-0.2, 0) is 16.0 Å². The molecule has 16 heavy (non-hydrogen) atoms. The van der Waals surface area contributed by atoms with Crippen LogP contribution in [0.25, 0.3) is 0 Å². The first-order chi connectivity index (χ1) is 7.59. The van der Waals surface area contributed by atoms with E-state index in [0.29, 0.717) is 0 Å². The topological polar surface area (TPSA) is 79.3 Å². The quantitative estimate of drug-likeness (QED) is 0.758. The van der Waals surface area contributed by atoms with Gasteiger partial charge in [0.05, 0.1) is 12.3 Å². The number of rotatable bonds is 5. The van der Waals surface area contributed by atoms with Gasteiger partial charge in [0.15, 0.2) is 0 Å². The fraction of sp³-hybridized carbons (Fsp3) is 0.364. The van der Waals surface area contributed by atoms with Gasteiger partial charge in [-0.05, 0) is 11.6 Å². The average Bonchev–Trinajstić information content (AvgIpc) is 2.27. The molecule has 5 nitrogen and oxygen atoms in total. The zero-order chi connectivity index (χ0) is 12.0. The van der Waals surface area contributed by atoms with Crippen molar-refractivity contribution in [3.8, 4) is 0 Å². The molecule has 86 valence electrons. The summed E-state index contributed by atoms with van der Waals surface area (Å²) in [5.74, 6) is -1.68. The molecule has 0 aliphatic heterocycles. The second-order valence-corrected chi connectivity index (χ2v) is 3.58. The van der Waals surface area contributed by atoms with Gasteiger partial charge in [-0.3, -0.25) is 14.6 Å². The molecule has 0 saturated heterocycles. The second-order valence-electron chi connectivity index (χ2n) is 3.58. The summed E-state index contributed by atoms with van der Waals surface area (Å²) in [6.45, 7) is 1.70. The molecular formula is C11H14N2O3. The van der Waals surface area contributed by atoms with Gasteiger partial charge in [-0.25, -0.2) is 0 Å². The third-order valence-electron chi connectivity index (χ3n) is 2.11. The van der Waals surface area contributed by atoms with E-state index in [1.807, 2.05) is 0 Å². The van der Waals surface area contributed by atoms with E-state index in [9.17, 15) is 9.59 Å². The van der Waals surface area contributed by atoms with E-state index in [0.717, 1.165) is 5.56 Å². The number of hydrogen-bond acceptors (Lipinski definition) is 3. The number of aromatic nitrogens is 1. The lowest BCUT2D eigenvalue weighted by Crippen LogP contribution is -2.32.